The Kier molecular flexibility index (Phi) is 4.34. The van der Waals surface area contributed by atoms with Crippen LogP contribution in [0, 0.1) is 6.92 Å². The molecule has 0 aliphatic rings. The van der Waals surface area contributed by atoms with E-state index in [1.165, 1.54) is 15.6 Å². The van der Waals surface area contributed by atoms with Crippen molar-refractivity contribution in [2.24, 2.45) is 0 Å². The highest BCUT2D eigenvalue weighted by atomic mass is 32.2. The zero-order chi connectivity index (χ0) is 16.4. The van der Waals surface area contributed by atoms with Crippen molar-refractivity contribution in [1.82, 2.24) is 9.46 Å². The molecule has 2 heterocycles. The average molecular weight is 348 g/mol. The van der Waals surface area contributed by atoms with E-state index < -0.39 is 10.0 Å². The van der Waals surface area contributed by atoms with Crippen LogP contribution in [0.15, 0.2) is 58.1 Å². The van der Waals surface area contributed by atoms with E-state index in [2.05, 4.69) is 5.16 Å². The van der Waals surface area contributed by atoms with Gasteiger partial charge in [-0.1, -0.05) is 35.5 Å². The van der Waals surface area contributed by atoms with Gasteiger partial charge in [0.2, 0.25) is 10.0 Å². The number of hydrogen-bond acceptors (Lipinski definition) is 5. The van der Waals surface area contributed by atoms with Gasteiger partial charge in [0.25, 0.3) is 0 Å². The minimum absolute atomic E-state index is 0.312. The molecule has 0 aliphatic carbocycles. The molecular weight excluding hydrogens is 332 g/mol. The molecule has 120 valence electrons. The minimum Gasteiger partial charge on any atom is -0.355 e. The summed E-state index contributed by atoms with van der Waals surface area (Å²) in [6, 6.07) is 12.9. The predicted molar refractivity (Wildman–Crippen MR) is 89.6 cm³/mol. The van der Waals surface area contributed by atoms with E-state index in [0.717, 1.165) is 15.3 Å². The van der Waals surface area contributed by atoms with Crippen LogP contribution in [0.4, 0.5) is 0 Å². The summed E-state index contributed by atoms with van der Waals surface area (Å²) < 4.78 is 32.1. The van der Waals surface area contributed by atoms with Gasteiger partial charge in [0.05, 0.1) is 16.0 Å². The molecule has 0 atom stereocenters. The Morgan fingerprint density at radius 1 is 1.22 bits per heavy atom. The molecule has 0 radical (unpaired) electrons. The van der Waals surface area contributed by atoms with Gasteiger partial charge in [0, 0.05) is 24.5 Å². The van der Waals surface area contributed by atoms with Crippen LogP contribution < -0.4 is 0 Å². The Morgan fingerprint density at radius 3 is 2.61 bits per heavy atom. The Bertz CT molecular complexity index is 885. The summed E-state index contributed by atoms with van der Waals surface area (Å²) in [6.07, 6.45) is 1.54. The molecule has 1 aromatic carbocycles. The third-order valence-corrected chi connectivity index (χ3v) is 6.61. The average Bonchev–Trinajstić information content (AvgIpc) is 3.17. The van der Waals surface area contributed by atoms with E-state index in [1.54, 1.807) is 32.3 Å². The third-order valence-electron chi connectivity index (χ3n) is 3.49. The predicted octanol–water partition coefficient (Wildman–Crippen LogP) is 3.53. The van der Waals surface area contributed by atoms with E-state index in [-0.39, 0.29) is 0 Å². The maximum absolute atomic E-state index is 12.8. The fourth-order valence-electron chi connectivity index (χ4n) is 2.28. The summed E-state index contributed by atoms with van der Waals surface area (Å²) in [7, 11) is -1.97. The molecule has 0 unspecified atom stereocenters. The van der Waals surface area contributed by atoms with E-state index >= 15 is 0 Å². The van der Waals surface area contributed by atoms with Crippen molar-refractivity contribution in [2.75, 3.05) is 7.05 Å². The number of hydrogen-bond donors (Lipinski definition) is 0. The van der Waals surface area contributed by atoms with Gasteiger partial charge in [0.15, 0.2) is 5.76 Å². The van der Waals surface area contributed by atoms with Gasteiger partial charge in [-0.25, -0.2) is 8.42 Å². The number of aryl methyl sites for hydroxylation is 1. The molecular formula is C16H16N2O3S2. The third kappa shape index (κ3) is 3.21. The van der Waals surface area contributed by atoms with Crippen molar-refractivity contribution in [1.29, 1.82) is 0 Å². The quantitative estimate of drug-likeness (QED) is 0.707. The minimum atomic E-state index is -3.56. The first kappa shape index (κ1) is 15.9. The largest absolute Gasteiger partial charge is 0.355 e. The lowest BCUT2D eigenvalue weighted by Crippen LogP contribution is -2.26. The summed E-state index contributed by atoms with van der Waals surface area (Å²) in [5.74, 6) is 0.574. The monoisotopic (exact) mass is 348 g/mol. The number of rotatable bonds is 5. The highest BCUT2D eigenvalue weighted by molar-refractivity contribution is 7.89. The van der Waals surface area contributed by atoms with Gasteiger partial charge in [-0.15, -0.1) is 11.3 Å². The van der Waals surface area contributed by atoms with Crippen LogP contribution in [0.25, 0.3) is 10.6 Å². The molecule has 0 fully saturated rings. The summed E-state index contributed by atoms with van der Waals surface area (Å²) >= 11 is 1.38. The molecule has 0 spiro atoms. The molecule has 0 saturated heterocycles. The van der Waals surface area contributed by atoms with Gasteiger partial charge < -0.3 is 4.52 Å². The van der Waals surface area contributed by atoms with Crippen LogP contribution in [-0.4, -0.2) is 24.9 Å². The standard InChI is InChI=1S/C16H16N2O3S2/c1-12-16(10-15(22-12)14-8-9-17-21-14)23(19,20)18(2)11-13-6-4-3-5-7-13/h3-10H,11H2,1-2H3. The van der Waals surface area contributed by atoms with Gasteiger partial charge >= 0.3 is 0 Å². The Balaban J connectivity index is 1.90. The Labute approximate surface area is 139 Å². The van der Waals surface area contributed by atoms with Crippen LogP contribution in [0.1, 0.15) is 10.4 Å². The Morgan fingerprint density at radius 2 is 1.96 bits per heavy atom. The second-order valence-electron chi connectivity index (χ2n) is 5.15. The molecule has 0 saturated carbocycles. The van der Waals surface area contributed by atoms with Gasteiger partial charge in [-0.2, -0.15) is 4.31 Å². The molecule has 5 nitrogen and oxygen atoms in total. The fraction of sp³-hybridized carbons (Fsp3) is 0.188. The molecule has 3 rings (SSSR count). The molecule has 7 heteroatoms. The summed E-state index contributed by atoms with van der Waals surface area (Å²) in [4.78, 5) is 1.80. The highest BCUT2D eigenvalue weighted by Crippen LogP contribution is 2.34. The van der Waals surface area contributed by atoms with Crippen LogP contribution in [0.2, 0.25) is 0 Å². The number of aromatic nitrogens is 1. The van der Waals surface area contributed by atoms with Crippen molar-refractivity contribution >= 4 is 21.4 Å². The SMILES string of the molecule is Cc1sc(-c2ccno2)cc1S(=O)(=O)N(C)Cc1ccccc1. The molecule has 0 N–H and O–H groups in total. The smallest absolute Gasteiger partial charge is 0.244 e. The second-order valence-corrected chi connectivity index (χ2v) is 8.42. The molecule has 0 bridgehead atoms. The van der Waals surface area contributed by atoms with Crippen molar-refractivity contribution in [2.45, 2.75) is 18.4 Å². The maximum Gasteiger partial charge on any atom is 0.244 e. The van der Waals surface area contributed by atoms with E-state index in [0.29, 0.717) is 17.2 Å². The zero-order valence-electron chi connectivity index (χ0n) is 12.8. The van der Waals surface area contributed by atoms with E-state index in [4.69, 9.17) is 4.52 Å². The zero-order valence-corrected chi connectivity index (χ0v) is 14.4. The Hall–Kier alpha value is -1.96. The maximum atomic E-state index is 12.8. The van der Waals surface area contributed by atoms with Crippen LogP contribution in [-0.2, 0) is 16.6 Å². The van der Waals surface area contributed by atoms with Crippen molar-refractivity contribution < 1.29 is 12.9 Å². The number of thiophene rings is 1. The first-order valence-corrected chi connectivity index (χ1v) is 9.26. The lowest BCUT2D eigenvalue weighted by Gasteiger charge is -2.17. The van der Waals surface area contributed by atoms with Crippen LogP contribution >= 0.6 is 11.3 Å². The van der Waals surface area contributed by atoms with Gasteiger partial charge in [-0.3, -0.25) is 0 Å². The topological polar surface area (TPSA) is 63.4 Å². The number of sulfonamides is 1. The van der Waals surface area contributed by atoms with Crippen LogP contribution in [0.3, 0.4) is 0 Å². The molecule has 23 heavy (non-hydrogen) atoms. The summed E-state index contributed by atoms with van der Waals surface area (Å²) in [5, 5.41) is 3.66. The van der Waals surface area contributed by atoms with Gasteiger partial charge in [-0.05, 0) is 18.6 Å². The number of benzene rings is 1. The van der Waals surface area contributed by atoms with Crippen molar-refractivity contribution in [3.8, 4) is 10.6 Å². The summed E-state index contributed by atoms with van der Waals surface area (Å²) in [5.41, 5.74) is 0.946. The van der Waals surface area contributed by atoms with Crippen molar-refractivity contribution in [3.05, 3.63) is 59.1 Å². The fourth-order valence-corrected chi connectivity index (χ4v) is 4.95. The van der Waals surface area contributed by atoms with E-state index in [1.807, 2.05) is 30.3 Å². The van der Waals surface area contributed by atoms with E-state index in [9.17, 15) is 8.42 Å². The molecule has 3 aromatic rings. The molecule has 2 aromatic heterocycles. The number of nitrogens with zero attached hydrogens (tertiary/aromatic N) is 2. The lowest BCUT2D eigenvalue weighted by molar-refractivity contribution is 0.433. The van der Waals surface area contributed by atoms with Gasteiger partial charge in [0.1, 0.15) is 0 Å². The highest BCUT2D eigenvalue weighted by Gasteiger charge is 2.26. The first-order valence-electron chi connectivity index (χ1n) is 7.00. The first-order chi connectivity index (χ1) is 11.0. The molecule has 0 aliphatic heterocycles. The molecule has 0 amide bonds. The summed E-state index contributed by atoms with van der Waals surface area (Å²) in [6.45, 7) is 2.13. The normalized spacial score (nSPS) is 12.0. The van der Waals surface area contributed by atoms with Crippen LogP contribution in [0.5, 0.6) is 0 Å². The van der Waals surface area contributed by atoms with Crippen molar-refractivity contribution in [3.63, 3.8) is 0 Å². The lowest BCUT2D eigenvalue weighted by atomic mass is 10.2. The second kappa shape index (κ2) is 6.27.